The van der Waals surface area contributed by atoms with Gasteiger partial charge in [0.1, 0.15) is 0 Å². The molecule has 1 amide bonds. The first-order valence-electron chi connectivity index (χ1n) is 10.4. The Bertz CT molecular complexity index is 771. The first kappa shape index (κ1) is 24.2. The van der Waals surface area contributed by atoms with Crippen molar-refractivity contribution >= 4 is 41.5 Å². The van der Waals surface area contributed by atoms with Crippen molar-refractivity contribution in [2.24, 2.45) is 4.99 Å². The van der Waals surface area contributed by atoms with Crippen LogP contribution >= 0.6 is 24.0 Å². The highest BCUT2D eigenvalue weighted by atomic mass is 127. The lowest BCUT2D eigenvalue weighted by atomic mass is 10.1. The Hall–Kier alpha value is -2.07. The van der Waals surface area contributed by atoms with E-state index in [1.54, 1.807) is 12.1 Å². The molecule has 2 aromatic rings. The standard InChI is InChI=1S/C22H31N5O2.HI/c1-2-23-22(24-12-15-27-13-4-3-5-14-27)25-17-18-8-10-19(11-9-18)26-21(28)20-7-6-16-29-20;/h6-11,16H,2-5,12-15,17H2,1H3,(H,26,28)(H2,23,24,25);1H. The van der Waals surface area contributed by atoms with Crippen LogP contribution in [0.5, 0.6) is 0 Å². The van der Waals surface area contributed by atoms with E-state index in [9.17, 15) is 4.79 Å². The maximum atomic E-state index is 12.0. The molecule has 3 N–H and O–H groups in total. The molecule has 0 unspecified atom stereocenters. The SMILES string of the molecule is CCNC(=NCc1ccc(NC(=O)c2ccco2)cc1)NCCN1CCCCC1.I. The van der Waals surface area contributed by atoms with Crippen LogP contribution in [0.2, 0.25) is 0 Å². The minimum Gasteiger partial charge on any atom is -0.459 e. The van der Waals surface area contributed by atoms with Gasteiger partial charge in [-0.05, 0) is 62.7 Å². The van der Waals surface area contributed by atoms with Crippen molar-refractivity contribution in [1.82, 2.24) is 15.5 Å². The summed E-state index contributed by atoms with van der Waals surface area (Å²) in [6.45, 7) is 7.82. The molecule has 0 aliphatic carbocycles. The Kier molecular flexibility index (Phi) is 10.7. The average molecular weight is 525 g/mol. The van der Waals surface area contributed by atoms with Crippen LogP contribution in [-0.4, -0.2) is 49.5 Å². The average Bonchev–Trinajstić information content (AvgIpc) is 3.29. The number of furan rings is 1. The fourth-order valence-corrected chi connectivity index (χ4v) is 3.32. The molecular weight excluding hydrogens is 493 g/mol. The quantitative estimate of drug-likeness (QED) is 0.278. The van der Waals surface area contributed by atoms with Crippen molar-refractivity contribution < 1.29 is 9.21 Å². The lowest BCUT2D eigenvalue weighted by molar-refractivity contribution is 0.0996. The van der Waals surface area contributed by atoms with Crippen LogP contribution in [0.4, 0.5) is 5.69 Å². The summed E-state index contributed by atoms with van der Waals surface area (Å²) in [4.78, 5) is 19.2. The van der Waals surface area contributed by atoms with Gasteiger partial charge < -0.3 is 25.3 Å². The molecule has 1 aliphatic rings. The molecule has 7 nitrogen and oxygen atoms in total. The van der Waals surface area contributed by atoms with Gasteiger partial charge in [0, 0.05) is 25.3 Å². The predicted octanol–water partition coefficient (Wildman–Crippen LogP) is 3.69. The fourth-order valence-electron chi connectivity index (χ4n) is 3.32. The summed E-state index contributed by atoms with van der Waals surface area (Å²) in [7, 11) is 0. The maximum absolute atomic E-state index is 12.0. The number of likely N-dealkylation sites (tertiary alicyclic amines) is 1. The van der Waals surface area contributed by atoms with Crippen LogP contribution in [0.1, 0.15) is 42.3 Å². The number of piperidine rings is 1. The number of amides is 1. The van der Waals surface area contributed by atoms with Gasteiger partial charge >= 0.3 is 0 Å². The summed E-state index contributed by atoms with van der Waals surface area (Å²) in [5.74, 6) is 0.873. The number of guanidine groups is 1. The predicted molar refractivity (Wildman–Crippen MR) is 132 cm³/mol. The van der Waals surface area contributed by atoms with Crippen molar-refractivity contribution in [3.05, 3.63) is 54.0 Å². The number of hydrogen-bond donors (Lipinski definition) is 3. The second-order valence-corrected chi connectivity index (χ2v) is 7.15. The highest BCUT2D eigenvalue weighted by molar-refractivity contribution is 14.0. The molecule has 1 aromatic heterocycles. The maximum Gasteiger partial charge on any atom is 0.291 e. The molecular formula is C22H32IN5O2. The van der Waals surface area contributed by atoms with E-state index in [1.807, 2.05) is 24.3 Å². The molecule has 164 valence electrons. The molecule has 30 heavy (non-hydrogen) atoms. The molecule has 8 heteroatoms. The summed E-state index contributed by atoms with van der Waals surface area (Å²) in [5, 5.41) is 9.54. The molecule has 0 spiro atoms. The Morgan fingerprint density at radius 1 is 1.10 bits per heavy atom. The Morgan fingerprint density at radius 2 is 1.87 bits per heavy atom. The number of hydrogen-bond acceptors (Lipinski definition) is 4. The summed E-state index contributed by atoms with van der Waals surface area (Å²) < 4.78 is 5.10. The lowest BCUT2D eigenvalue weighted by Crippen LogP contribution is -2.42. The number of nitrogens with zero attached hydrogens (tertiary/aromatic N) is 2. The van der Waals surface area contributed by atoms with Gasteiger partial charge in [-0.1, -0.05) is 18.6 Å². The van der Waals surface area contributed by atoms with E-state index in [0.29, 0.717) is 12.3 Å². The minimum atomic E-state index is -0.256. The van der Waals surface area contributed by atoms with Crippen molar-refractivity contribution in [1.29, 1.82) is 0 Å². The van der Waals surface area contributed by atoms with Crippen LogP contribution in [-0.2, 0) is 6.54 Å². The second-order valence-electron chi connectivity index (χ2n) is 7.15. The topological polar surface area (TPSA) is 81.9 Å². The Labute approximate surface area is 195 Å². The number of carbonyl (C=O) groups excluding carboxylic acids is 1. The monoisotopic (exact) mass is 525 g/mol. The van der Waals surface area contributed by atoms with Crippen LogP contribution < -0.4 is 16.0 Å². The third-order valence-corrected chi connectivity index (χ3v) is 4.89. The first-order valence-corrected chi connectivity index (χ1v) is 10.4. The third kappa shape index (κ3) is 7.98. The molecule has 0 atom stereocenters. The van der Waals surface area contributed by atoms with Gasteiger partial charge in [0.15, 0.2) is 11.7 Å². The molecule has 1 saturated heterocycles. The summed E-state index contributed by atoms with van der Waals surface area (Å²) in [6, 6.07) is 11.0. The zero-order valence-corrected chi connectivity index (χ0v) is 19.9. The molecule has 0 bridgehead atoms. The van der Waals surface area contributed by atoms with Crippen molar-refractivity contribution in [3.63, 3.8) is 0 Å². The number of nitrogens with one attached hydrogen (secondary N) is 3. The summed E-state index contributed by atoms with van der Waals surface area (Å²) in [5.41, 5.74) is 1.81. The largest absolute Gasteiger partial charge is 0.459 e. The van der Waals surface area contributed by atoms with E-state index in [-0.39, 0.29) is 29.9 Å². The van der Waals surface area contributed by atoms with Crippen LogP contribution in [0.25, 0.3) is 0 Å². The lowest BCUT2D eigenvalue weighted by Gasteiger charge is -2.26. The van der Waals surface area contributed by atoms with E-state index < -0.39 is 0 Å². The van der Waals surface area contributed by atoms with Crippen LogP contribution in [0.15, 0.2) is 52.1 Å². The van der Waals surface area contributed by atoms with Gasteiger partial charge in [-0.2, -0.15) is 0 Å². The van der Waals surface area contributed by atoms with Crippen molar-refractivity contribution in [2.45, 2.75) is 32.7 Å². The molecule has 1 fully saturated rings. The van der Waals surface area contributed by atoms with Crippen LogP contribution in [0, 0.1) is 0 Å². The zero-order valence-electron chi connectivity index (χ0n) is 17.5. The molecule has 0 radical (unpaired) electrons. The highest BCUT2D eigenvalue weighted by Gasteiger charge is 2.10. The van der Waals surface area contributed by atoms with E-state index >= 15 is 0 Å². The van der Waals surface area contributed by atoms with Gasteiger partial charge in [0.25, 0.3) is 5.91 Å². The molecule has 2 heterocycles. The number of rotatable bonds is 8. The van der Waals surface area contributed by atoms with E-state index in [1.165, 1.54) is 38.6 Å². The normalized spacial score (nSPS) is 14.6. The first-order chi connectivity index (χ1) is 14.2. The second kappa shape index (κ2) is 13.3. The fraction of sp³-hybridized carbons (Fsp3) is 0.455. The number of anilines is 1. The van der Waals surface area contributed by atoms with Crippen LogP contribution in [0.3, 0.4) is 0 Å². The third-order valence-electron chi connectivity index (χ3n) is 4.89. The smallest absolute Gasteiger partial charge is 0.291 e. The molecule has 1 aromatic carbocycles. The van der Waals surface area contributed by atoms with E-state index in [0.717, 1.165) is 36.8 Å². The van der Waals surface area contributed by atoms with Gasteiger partial charge in [0.2, 0.25) is 0 Å². The van der Waals surface area contributed by atoms with Gasteiger partial charge in [0.05, 0.1) is 12.8 Å². The van der Waals surface area contributed by atoms with Gasteiger partial charge in [-0.25, -0.2) is 4.99 Å². The van der Waals surface area contributed by atoms with Crippen molar-refractivity contribution in [3.8, 4) is 0 Å². The minimum absolute atomic E-state index is 0. The number of benzene rings is 1. The highest BCUT2D eigenvalue weighted by Crippen LogP contribution is 2.12. The number of aliphatic imine (C=N–C) groups is 1. The number of carbonyl (C=O) groups is 1. The Balaban J connectivity index is 0.00000320. The Morgan fingerprint density at radius 3 is 2.53 bits per heavy atom. The van der Waals surface area contributed by atoms with Gasteiger partial charge in [-0.15, -0.1) is 24.0 Å². The zero-order chi connectivity index (χ0) is 20.3. The van der Waals surface area contributed by atoms with Gasteiger partial charge in [-0.3, -0.25) is 4.79 Å². The van der Waals surface area contributed by atoms with E-state index in [2.05, 4.69) is 32.8 Å². The molecule has 1 aliphatic heterocycles. The summed E-state index contributed by atoms with van der Waals surface area (Å²) >= 11 is 0. The molecule has 0 saturated carbocycles. The molecule has 3 rings (SSSR count). The van der Waals surface area contributed by atoms with E-state index in [4.69, 9.17) is 4.42 Å². The number of halogens is 1. The van der Waals surface area contributed by atoms with Crippen molar-refractivity contribution in [2.75, 3.05) is 38.0 Å². The summed E-state index contributed by atoms with van der Waals surface area (Å²) in [6.07, 6.45) is 5.47.